The molecule has 0 aromatic heterocycles. The first-order valence-corrected chi connectivity index (χ1v) is 5.02. The fraction of sp³-hybridized carbons (Fsp3) is 0.273. The topological polar surface area (TPSA) is 43.4 Å². The summed E-state index contributed by atoms with van der Waals surface area (Å²) in [4.78, 5) is 22.6. The Hall–Kier alpha value is -1.42. The summed E-state index contributed by atoms with van der Waals surface area (Å²) in [5.41, 5.74) is 0.238. The van der Waals surface area contributed by atoms with Crippen LogP contribution in [0.2, 0.25) is 5.02 Å². The molecule has 0 amide bonds. The zero-order valence-electron chi connectivity index (χ0n) is 8.84. The summed E-state index contributed by atoms with van der Waals surface area (Å²) in [5, 5.41) is -0.187. The molecule has 86 valence electrons. The van der Waals surface area contributed by atoms with Gasteiger partial charge in [-0.3, -0.25) is 4.79 Å². The van der Waals surface area contributed by atoms with E-state index in [0.29, 0.717) is 0 Å². The molecule has 1 rings (SSSR count). The molecule has 16 heavy (non-hydrogen) atoms. The van der Waals surface area contributed by atoms with E-state index in [1.807, 2.05) is 0 Å². The second kappa shape index (κ2) is 5.07. The lowest BCUT2D eigenvalue weighted by Crippen LogP contribution is -2.17. The van der Waals surface area contributed by atoms with Crippen LogP contribution in [0.5, 0.6) is 0 Å². The highest BCUT2D eigenvalue weighted by Gasteiger charge is 2.19. The molecule has 0 N–H and O–H groups in total. The van der Waals surface area contributed by atoms with Gasteiger partial charge in [-0.05, 0) is 31.5 Å². The Morgan fingerprint density at radius 1 is 1.44 bits per heavy atom. The van der Waals surface area contributed by atoms with Crippen LogP contribution in [0.1, 0.15) is 22.8 Å². The van der Waals surface area contributed by atoms with Gasteiger partial charge in [0.25, 0.3) is 5.78 Å². The molecule has 0 atom stereocenters. The zero-order valence-corrected chi connectivity index (χ0v) is 9.60. The van der Waals surface area contributed by atoms with E-state index >= 15 is 0 Å². The van der Waals surface area contributed by atoms with Gasteiger partial charge in [0.15, 0.2) is 0 Å². The van der Waals surface area contributed by atoms with Crippen LogP contribution in [-0.2, 0) is 9.53 Å². The SMILES string of the molecule is CCOC(=O)C(=O)c1cc(C)c(F)c(Cl)c1. The second-order valence-corrected chi connectivity index (χ2v) is 3.55. The van der Waals surface area contributed by atoms with E-state index in [9.17, 15) is 14.0 Å². The van der Waals surface area contributed by atoms with Crippen molar-refractivity contribution in [3.8, 4) is 0 Å². The van der Waals surface area contributed by atoms with E-state index in [2.05, 4.69) is 4.74 Å². The first-order valence-electron chi connectivity index (χ1n) is 4.64. The van der Waals surface area contributed by atoms with Crippen LogP contribution in [0, 0.1) is 12.7 Å². The molecule has 1 aromatic rings. The van der Waals surface area contributed by atoms with Crippen LogP contribution >= 0.6 is 11.6 Å². The molecule has 0 fully saturated rings. The van der Waals surface area contributed by atoms with E-state index < -0.39 is 17.6 Å². The summed E-state index contributed by atoms with van der Waals surface area (Å²) in [6, 6.07) is 2.38. The molecule has 5 heteroatoms. The molecular weight excluding hydrogens is 235 g/mol. The number of benzene rings is 1. The number of halogens is 2. The maximum Gasteiger partial charge on any atom is 0.379 e. The fourth-order valence-corrected chi connectivity index (χ4v) is 1.44. The standard InChI is InChI=1S/C11H10ClFO3/c1-3-16-11(15)10(14)7-4-6(2)9(13)8(12)5-7/h4-5H,3H2,1-2H3. The van der Waals surface area contributed by atoms with Crippen molar-refractivity contribution in [2.45, 2.75) is 13.8 Å². The first kappa shape index (κ1) is 12.6. The third-order valence-corrected chi connectivity index (χ3v) is 2.21. The summed E-state index contributed by atoms with van der Waals surface area (Å²) in [6.45, 7) is 3.16. The molecule has 0 radical (unpaired) electrons. The van der Waals surface area contributed by atoms with Gasteiger partial charge in [-0.15, -0.1) is 0 Å². The van der Waals surface area contributed by atoms with Gasteiger partial charge < -0.3 is 4.74 Å². The minimum absolute atomic E-state index is 0.0300. The molecular formula is C11H10ClFO3. The van der Waals surface area contributed by atoms with E-state index in [-0.39, 0.29) is 22.8 Å². The Balaban J connectivity index is 3.06. The Kier molecular flexibility index (Phi) is 4.01. The highest BCUT2D eigenvalue weighted by molar-refractivity contribution is 6.41. The number of hydrogen-bond acceptors (Lipinski definition) is 3. The molecule has 0 saturated heterocycles. The molecule has 0 aliphatic heterocycles. The highest BCUT2D eigenvalue weighted by Crippen LogP contribution is 2.20. The lowest BCUT2D eigenvalue weighted by molar-refractivity contribution is -0.137. The smallest absolute Gasteiger partial charge is 0.379 e. The molecule has 0 spiro atoms. The highest BCUT2D eigenvalue weighted by atomic mass is 35.5. The maximum atomic E-state index is 13.2. The quantitative estimate of drug-likeness (QED) is 0.466. The number of Topliss-reactive ketones (excluding diaryl/α,β-unsaturated/α-hetero) is 1. The summed E-state index contributed by atoms with van der Waals surface area (Å²) in [5.74, 6) is -2.39. The summed E-state index contributed by atoms with van der Waals surface area (Å²) >= 11 is 5.57. The van der Waals surface area contributed by atoms with Crippen molar-refractivity contribution < 1.29 is 18.7 Å². The van der Waals surface area contributed by atoms with Gasteiger partial charge in [-0.1, -0.05) is 11.6 Å². The van der Waals surface area contributed by atoms with Gasteiger partial charge in [0.1, 0.15) is 5.82 Å². The summed E-state index contributed by atoms with van der Waals surface area (Å²) in [6.07, 6.45) is 0. The van der Waals surface area contributed by atoms with Crippen molar-refractivity contribution in [3.05, 3.63) is 34.1 Å². The third-order valence-electron chi connectivity index (χ3n) is 1.93. The van der Waals surface area contributed by atoms with Crippen molar-refractivity contribution in [2.24, 2.45) is 0 Å². The number of esters is 1. The Labute approximate surface area is 97.2 Å². The predicted molar refractivity (Wildman–Crippen MR) is 57.1 cm³/mol. The van der Waals surface area contributed by atoms with Crippen molar-refractivity contribution in [1.29, 1.82) is 0 Å². The molecule has 0 unspecified atom stereocenters. The van der Waals surface area contributed by atoms with Crippen molar-refractivity contribution in [1.82, 2.24) is 0 Å². The van der Waals surface area contributed by atoms with E-state index in [4.69, 9.17) is 11.6 Å². The van der Waals surface area contributed by atoms with Gasteiger partial charge in [-0.2, -0.15) is 0 Å². The summed E-state index contributed by atoms with van der Waals surface area (Å²) in [7, 11) is 0. The van der Waals surface area contributed by atoms with Crippen LogP contribution in [0.3, 0.4) is 0 Å². The van der Waals surface area contributed by atoms with E-state index in [0.717, 1.165) is 6.07 Å². The predicted octanol–water partition coefficient (Wildman–Crippen LogP) is 2.53. The number of carbonyl (C=O) groups is 2. The molecule has 0 heterocycles. The number of ketones is 1. The lowest BCUT2D eigenvalue weighted by Gasteiger charge is -2.04. The largest absolute Gasteiger partial charge is 0.460 e. The molecule has 3 nitrogen and oxygen atoms in total. The normalized spacial score (nSPS) is 10.0. The Bertz CT molecular complexity index is 420. The van der Waals surface area contributed by atoms with Gasteiger partial charge in [0.2, 0.25) is 0 Å². The van der Waals surface area contributed by atoms with Crippen molar-refractivity contribution in [3.63, 3.8) is 0 Å². The Morgan fingerprint density at radius 2 is 2.06 bits per heavy atom. The fourth-order valence-electron chi connectivity index (χ4n) is 1.17. The van der Waals surface area contributed by atoms with Gasteiger partial charge >= 0.3 is 5.97 Å². The van der Waals surface area contributed by atoms with Crippen LogP contribution < -0.4 is 0 Å². The Morgan fingerprint density at radius 3 is 2.56 bits per heavy atom. The monoisotopic (exact) mass is 244 g/mol. The number of hydrogen-bond donors (Lipinski definition) is 0. The molecule has 1 aromatic carbocycles. The minimum Gasteiger partial charge on any atom is -0.460 e. The summed E-state index contributed by atoms with van der Waals surface area (Å²) < 4.78 is 17.7. The molecule has 0 saturated carbocycles. The number of ether oxygens (including phenoxy) is 1. The zero-order chi connectivity index (χ0) is 12.3. The van der Waals surface area contributed by atoms with Crippen LogP contribution in [0.4, 0.5) is 4.39 Å². The van der Waals surface area contributed by atoms with Crippen LogP contribution in [0.15, 0.2) is 12.1 Å². The first-order chi connectivity index (χ1) is 7.47. The molecule has 0 bridgehead atoms. The minimum atomic E-state index is -0.968. The number of aryl methyl sites for hydroxylation is 1. The van der Waals surface area contributed by atoms with Crippen LogP contribution in [0.25, 0.3) is 0 Å². The third kappa shape index (κ3) is 2.58. The van der Waals surface area contributed by atoms with Crippen molar-refractivity contribution >= 4 is 23.4 Å². The number of carbonyl (C=O) groups excluding carboxylic acids is 2. The van der Waals surface area contributed by atoms with E-state index in [1.165, 1.54) is 13.0 Å². The number of rotatable bonds is 3. The lowest BCUT2D eigenvalue weighted by atomic mass is 10.1. The maximum absolute atomic E-state index is 13.2. The molecule has 0 aliphatic carbocycles. The van der Waals surface area contributed by atoms with Gasteiger partial charge in [0, 0.05) is 5.56 Å². The van der Waals surface area contributed by atoms with E-state index in [1.54, 1.807) is 6.92 Å². The average Bonchev–Trinajstić information content (AvgIpc) is 2.24. The van der Waals surface area contributed by atoms with Crippen molar-refractivity contribution in [2.75, 3.05) is 6.61 Å². The molecule has 0 aliphatic rings. The van der Waals surface area contributed by atoms with Gasteiger partial charge in [0.05, 0.1) is 11.6 Å². The van der Waals surface area contributed by atoms with Gasteiger partial charge in [-0.25, -0.2) is 9.18 Å². The second-order valence-electron chi connectivity index (χ2n) is 3.14. The van der Waals surface area contributed by atoms with Crippen LogP contribution in [-0.4, -0.2) is 18.4 Å². The average molecular weight is 245 g/mol.